The second kappa shape index (κ2) is 4.82. The summed E-state index contributed by atoms with van der Waals surface area (Å²) in [4.78, 5) is 4.38. The first-order valence-corrected chi connectivity index (χ1v) is 6.34. The number of alkyl halides is 1. The van der Waals surface area contributed by atoms with Gasteiger partial charge in [-0.1, -0.05) is 22.6 Å². The summed E-state index contributed by atoms with van der Waals surface area (Å²) in [7, 11) is 0. The van der Waals surface area contributed by atoms with Crippen molar-refractivity contribution in [3.05, 3.63) is 18.0 Å². The Balaban J connectivity index is 2.12. The van der Waals surface area contributed by atoms with Gasteiger partial charge in [0.15, 0.2) is 0 Å². The highest BCUT2D eigenvalue weighted by Crippen LogP contribution is 2.26. The standard InChI is InChI=1S/C10H13IN2O/c11-3-1-2-8-6-10-9(7-13-8)12-4-5-14-10/h6-7,12H,1-5H2. The van der Waals surface area contributed by atoms with Crippen LogP contribution in [0.5, 0.6) is 5.75 Å². The fraction of sp³-hybridized carbons (Fsp3) is 0.500. The Morgan fingerprint density at radius 2 is 2.50 bits per heavy atom. The molecule has 76 valence electrons. The van der Waals surface area contributed by atoms with Crippen molar-refractivity contribution in [2.45, 2.75) is 12.8 Å². The summed E-state index contributed by atoms with van der Waals surface area (Å²) in [6, 6.07) is 2.05. The van der Waals surface area contributed by atoms with E-state index >= 15 is 0 Å². The van der Waals surface area contributed by atoms with Crippen LogP contribution in [0.25, 0.3) is 0 Å². The van der Waals surface area contributed by atoms with Crippen molar-refractivity contribution in [3.63, 3.8) is 0 Å². The van der Waals surface area contributed by atoms with Crippen LogP contribution in [-0.4, -0.2) is 22.6 Å². The normalized spacial score (nSPS) is 14.1. The van der Waals surface area contributed by atoms with E-state index in [2.05, 4.69) is 32.9 Å². The molecular formula is C10H13IN2O. The van der Waals surface area contributed by atoms with E-state index in [4.69, 9.17) is 4.74 Å². The Kier molecular flexibility index (Phi) is 3.44. The van der Waals surface area contributed by atoms with Crippen LogP contribution >= 0.6 is 22.6 Å². The lowest BCUT2D eigenvalue weighted by atomic mass is 10.2. The number of pyridine rings is 1. The summed E-state index contributed by atoms with van der Waals surface area (Å²) >= 11 is 2.39. The van der Waals surface area contributed by atoms with E-state index in [1.54, 1.807) is 0 Å². The Labute approximate surface area is 97.4 Å². The van der Waals surface area contributed by atoms with Crippen molar-refractivity contribution in [1.82, 2.24) is 4.98 Å². The van der Waals surface area contributed by atoms with E-state index in [-0.39, 0.29) is 0 Å². The van der Waals surface area contributed by atoms with Crippen LogP contribution in [0.4, 0.5) is 5.69 Å². The molecule has 0 atom stereocenters. The smallest absolute Gasteiger partial charge is 0.145 e. The number of aromatic nitrogens is 1. The number of fused-ring (bicyclic) bond motifs is 1. The zero-order chi connectivity index (χ0) is 9.80. The third-order valence-electron chi connectivity index (χ3n) is 2.16. The molecule has 2 rings (SSSR count). The fourth-order valence-corrected chi connectivity index (χ4v) is 1.84. The molecular weight excluding hydrogens is 291 g/mol. The summed E-state index contributed by atoms with van der Waals surface area (Å²) in [6.45, 7) is 1.63. The van der Waals surface area contributed by atoms with Gasteiger partial charge in [0.1, 0.15) is 12.4 Å². The first kappa shape index (κ1) is 10.0. The number of hydrogen-bond acceptors (Lipinski definition) is 3. The molecule has 14 heavy (non-hydrogen) atoms. The number of ether oxygens (including phenoxy) is 1. The number of anilines is 1. The van der Waals surface area contributed by atoms with Crippen LogP contribution in [0.3, 0.4) is 0 Å². The lowest BCUT2D eigenvalue weighted by Gasteiger charge is -2.18. The predicted molar refractivity (Wildman–Crippen MR) is 65.4 cm³/mol. The molecule has 0 aliphatic carbocycles. The van der Waals surface area contributed by atoms with Crippen molar-refractivity contribution < 1.29 is 4.74 Å². The fourth-order valence-electron chi connectivity index (χ4n) is 1.46. The van der Waals surface area contributed by atoms with Crippen molar-refractivity contribution in [1.29, 1.82) is 0 Å². The van der Waals surface area contributed by atoms with Crippen LogP contribution in [0.2, 0.25) is 0 Å². The Morgan fingerprint density at radius 3 is 3.36 bits per heavy atom. The van der Waals surface area contributed by atoms with Gasteiger partial charge in [0, 0.05) is 18.3 Å². The molecule has 1 aliphatic rings. The van der Waals surface area contributed by atoms with Crippen molar-refractivity contribution in [3.8, 4) is 5.75 Å². The molecule has 1 aromatic rings. The molecule has 0 saturated carbocycles. The van der Waals surface area contributed by atoms with Gasteiger partial charge in [-0.2, -0.15) is 0 Å². The highest BCUT2D eigenvalue weighted by atomic mass is 127. The first-order chi connectivity index (χ1) is 6.90. The van der Waals surface area contributed by atoms with Gasteiger partial charge in [-0.25, -0.2) is 0 Å². The van der Waals surface area contributed by atoms with E-state index in [1.165, 1.54) is 10.8 Å². The summed E-state index contributed by atoms with van der Waals surface area (Å²) in [5, 5.41) is 3.26. The Bertz CT molecular complexity index is 317. The minimum Gasteiger partial charge on any atom is -0.489 e. The number of nitrogens with zero attached hydrogens (tertiary/aromatic N) is 1. The SMILES string of the molecule is ICCCc1cc2c(cn1)NCCO2. The lowest BCUT2D eigenvalue weighted by Crippen LogP contribution is -2.18. The highest BCUT2D eigenvalue weighted by Gasteiger charge is 2.10. The minimum absolute atomic E-state index is 0.753. The summed E-state index contributed by atoms with van der Waals surface area (Å²) in [5.41, 5.74) is 2.15. The van der Waals surface area contributed by atoms with Crippen LogP contribution in [0.1, 0.15) is 12.1 Å². The van der Waals surface area contributed by atoms with Gasteiger partial charge in [-0.3, -0.25) is 4.98 Å². The van der Waals surface area contributed by atoms with E-state index < -0.39 is 0 Å². The number of halogens is 1. The average Bonchev–Trinajstić information content (AvgIpc) is 2.26. The molecule has 0 aromatic carbocycles. The van der Waals surface area contributed by atoms with Gasteiger partial charge in [0.05, 0.1) is 11.9 Å². The van der Waals surface area contributed by atoms with Gasteiger partial charge in [-0.05, 0) is 17.3 Å². The summed E-state index contributed by atoms with van der Waals surface area (Å²) in [6.07, 6.45) is 4.09. The zero-order valence-electron chi connectivity index (χ0n) is 7.92. The van der Waals surface area contributed by atoms with Gasteiger partial charge in [-0.15, -0.1) is 0 Å². The second-order valence-electron chi connectivity index (χ2n) is 3.24. The minimum atomic E-state index is 0.753. The first-order valence-electron chi connectivity index (χ1n) is 4.81. The zero-order valence-corrected chi connectivity index (χ0v) is 10.1. The molecule has 3 nitrogen and oxygen atoms in total. The number of rotatable bonds is 3. The Morgan fingerprint density at radius 1 is 1.57 bits per heavy atom. The van der Waals surface area contributed by atoms with Crippen LogP contribution < -0.4 is 10.1 Å². The van der Waals surface area contributed by atoms with Crippen molar-refractivity contribution in [2.75, 3.05) is 22.9 Å². The molecule has 1 N–H and O–H groups in total. The van der Waals surface area contributed by atoms with E-state index in [1.807, 2.05) is 12.3 Å². The largest absolute Gasteiger partial charge is 0.489 e. The third-order valence-corrected chi connectivity index (χ3v) is 2.93. The summed E-state index contributed by atoms with van der Waals surface area (Å²) < 4.78 is 6.72. The van der Waals surface area contributed by atoms with E-state index in [0.717, 1.165) is 36.7 Å². The van der Waals surface area contributed by atoms with E-state index in [9.17, 15) is 0 Å². The quantitative estimate of drug-likeness (QED) is 0.687. The molecule has 2 heterocycles. The molecule has 0 bridgehead atoms. The maximum atomic E-state index is 5.54. The third kappa shape index (κ3) is 2.29. The van der Waals surface area contributed by atoms with Crippen LogP contribution in [0, 0.1) is 0 Å². The maximum absolute atomic E-state index is 5.54. The van der Waals surface area contributed by atoms with Crippen molar-refractivity contribution in [2.24, 2.45) is 0 Å². The maximum Gasteiger partial charge on any atom is 0.145 e. The highest BCUT2D eigenvalue weighted by molar-refractivity contribution is 14.1. The van der Waals surface area contributed by atoms with Gasteiger partial charge in [0.25, 0.3) is 0 Å². The molecule has 1 aliphatic heterocycles. The van der Waals surface area contributed by atoms with Crippen LogP contribution in [-0.2, 0) is 6.42 Å². The summed E-state index contributed by atoms with van der Waals surface area (Å²) in [5.74, 6) is 0.953. The predicted octanol–water partition coefficient (Wildman–Crippen LogP) is 2.25. The topological polar surface area (TPSA) is 34.2 Å². The number of nitrogens with one attached hydrogen (secondary N) is 1. The number of aryl methyl sites for hydroxylation is 1. The van der Waals surface area contributed by atoms with Gasteiger partial charge in [0.2, 0.25) is 0 Å². The van der Waals surface area contributed by atoms with Gasteiger partial charge < -0.3 is 10.1 Å². The molecule has 0 saturated heterocycles. The van der Waals surface area contributed by atoms with E-state index in [0.29, 0.717) is 0 Å². The van der Waals surface area contributed by atoms with Crippen LogP contribution in [0.15, 0.2) is 12.3 Å². The average molecular weight is 304 g/mol. The molecule has 4 heteroatoms. The van der Waals surface area contributed by atoms with Crippen molar-refractivity contribution >= 4 is 28.3 Å². The van der Waals surface area contributed by atoms with Gasteiger partial charge >= 0.3 is 0 Å². The molecule has 0 unspecified atom stereocenters. The molecule has 0 radical (unpaired) electrons. The second-order valence-corrected chi connectivity index (χ2v) is 4.32. The molecule has 0 spiro atoms. The lowest BCUT2D eigenvalue weighted by molar-refractivity contribution is 0.322. The molecule has 1 aromatic heterocycles. The monoisotopic (exact) mass is 304 g/mol. The molecule has 0 fully saturated rings. The Hall–Kier alpha value is -0.520. The molecule has 0 amide bonds. The number of hydrogen-bond donors (Lipinski definition) is 1.